The van der Waals surface area contributed by atoms with Crippen LogP contribution in [0.1, 0.15) is 37.3 Å². The minimum absolute atomic E-state index is 0. The molecule has 3 heteroatoms. The zero-order valence-corrected chi connectivity index (χ0v) is 12.9. The Morgan fingerprint density at radius 1 is 1.44 bits per heavy atom. The fourth-order valence-corrected chi connectivity index (χ4v) is 4.07. The second-order valence-electron chi connectivity index (χ2n) is 5.64. The van der Waals surface area contributed by atoms with Crippen LogP contribution < -0.4 is 0 Å². The minimum atomic E-state index is 0. The molecule has 0 aromatic heterocycles. The molecule has 1 aromatic rings. The highest BCUT2D eigenvalue weighted by atomic mass is 79.9. The van der Waals surface area contributed by atoms with Crippen LogP contribution in [0.15, 0.2) is 18.2 Å². The van der Waals surface area contributed by atoms with Crippen LogP contribution >= 0.6 is 17.0 Å². The Labute approximate surface area is 120 Å². The van der Waals surface area contributed by atoms with Gasteiger partial charge in [-0.1, -0.05) is 13.0 Å². The molecule has 0 spiro atoms. The smallest absolute Gasteiger partial charge is 0.115 e. The Kier molecular flexibility index (Phi) is 3.75. The summed E-state index contributed by atoms with van der Waals surface area (Å²) in [7, 11) is 2.25. The predicted molar refractivity (Wildman–Crippen MR) is 79.8 cm³/mol. The van der Waals surface area contributed by atoms with Crippen molar-refractivity contribution in [2.24, 2.45) is 0 Å². The van der Waals surface area contributed by atoms with Gasteiger partial charge in [-0.25, -0.2) is 0 Å². The van der Waals surface area contributed by atoms with Gasteiger partial charge < -0.3 is 10.0 Å². The van der Waals surface area contributed by atoms with E-state index in [0.717, 1.165) is 6.42 Å². The number of hydrogen-bond acceptors (Lipinski definition) is 2. The Bertz CT molecular complexity index is 448. The number of phenolic OH excluding ortho intramolecular Hbond substituents is 1. The predicted octanol–water partition coefficient (Wildman–Crippen LogP) is 3.27. The van der Waals surface area contributed by atoms with E-state index in [9.17, 15) is 5.11 Å². The number of nitrogens with zero attached hydrogens (tertiary/aromatic N) is 1. The van der Waals surface area contributed by atoms with Gasteiger partial charge in [0.2, 0.25) is 0 Å². The van der Waals surface area contributed by atoms with Crippen LogP contribution in [-0.4, -0.2) is 29.6 Å². The third-order valence-electron chi connectivity index (χ3n) is 5.03. The molecule has 2 aliphatic rings. The molecule has 1 heterocycles. The third kappa shape index (κ3) is 1.79. The summed E-state index contributed by atoms with van der Waals surface area (Å²) in [5, 5.41) is 9.77. The fourth-order valence-electron chi connectivity index (χ4n) is 4.07. The van der Waals surface area contributed by atoms with Crippen molar-refractivity contribution in [1.29, 1.82) is 0 Å². The third-order valence-corrected chi connectivity index (χ3v) is 5.03. The van der Waals surface area contributed by atoms with Crippen molar-refractivity contribution in [3.8, 4) is 5.75 Å². The van der Waals surface area contributed by atoms with E-state index in [-0.39, 0.29) is 17.0 Å². The zero-order chi connectivity index (χ0) is 12.0. The zero-order valence-electron chi connectivity index (χ0n) is 11.1. The van der Waals surface area contributed by atoms with E-state index in [0.29, 0.717) is 17.2 Å². The molecule has 0 bridgehead atoms. The van der Waals surface area contributed by atoms with Gasteiger partial charge in [-0.05, 0) is 62.5 Å². The fraction of sp³-hybridized carbons (Fsp3) is 0.600. The van der Waals surface area contributed by atoms with Gasteiger partial charge in [-0.3, -0.25) is 0 Å². The van der Waals surface area contributed by atoms with E-state index in [4.69, 9.17) is 0 Å². The lowest BCUT2D eigenvalue weighted by Crippen LogP contribution is -2.44. The summed E-state index contributed by atoms with van der Waals surface area (Å²) in [6.45, 7) is 3.49. The van der Waals surface area contributed by atoms with Crippen LogP contribution in [0.25, 0.3) is 0 Å². The van der Waals surface area contributed by atoms with Gasteiger partial charge >= 0.3 is 0 Å². The number of benzene rings is 1. The average molecular weight is 312 g/mol. The number of phenols is 1. The van der Waals surface area contributed by atoms with E-state index in [1.165, 1.54) is 36.9 Å². The maximum Gasteiger partial charge on any atom is 0.115 e. The van der Waals surface area contributed by atoms with Crippen LogP contribution in [0.3, 0.4) is 0 Å². The summed E-state index contributed by atoms with van der Waals surface area (Å²) in [4.78, 5) is 2.51. The largest absolute Gasteiger partial charge is 0.508 e. The number of likely N-dealkylation sites (tertiary alicyclic amines) is 1. The first-order valence-electron chi connectivity index (χ1n) is 6.70. The molecule has 1 aliphatic carbocycles. The lowest BCUT2D eigenvalue weighted by molar-refractivity contribution is 0.211. The minimum Gasteiger partial charge on any atom is -0.508 e. The molecule has 1 N–H and O–H groups in total. The van der Waals surface area contributed by atoms with Crippen LogP contribution in [0.4, 0.5) is 0 Å². The molecule has 100 valence electrons. The summed E-state index contributed by atoms with van der Waals surface area (Å²) in [5.74, 6) is 0.423. The first kappa shape index (κ1) is 13.9. The van der Waals surface area contributed by atoms with Gasteiger partial charge in [-0.2, -0.15) is 0 Å². The summed E-state index contributed by atoms with van der Waals surface area (Å²) in [6, 6.07) is 6.64. The van der Waals surface area contributed by atoms with E-state index < -0.39 is 0 Å². The lowest BCUT2D eigenvalue weighted by atomic mass is 9.65. The van der Waals surface area contributed by atoms with E-state index >= 15 is 0 Å². The second kappa shape index (κ2) is 4.86. The van der Waals surface area contributed by atoms with Crippen molar-refractivity contribution in [3.05, 3.63) is 29.3 Å². The molecule has 0 unspecified atom stereocenters. The van der Waals surface area contributed by atoms with Crippen LogP contribution in [-0.2, 0) is 11.8 Å². The number of aryl methyl sites for hydroxylation is 1. The quantitative estimate of drug-likeness (QED) is 0.860. The first-order chi connectivity index (χ1) is 8.17. The van der Waals surface area contributed by atoms with Gasteiger partial charge in [0.15, 0.2) is 0 Å². The average Bonchev–Trinajstić information content (AvgIpc) is 2.68. The molecule has 3 rings (SSSR count). The van der Waals surface area contributed by atoms with E-state index in [1.807, 2.05) is 12.1 Å². The molecule has 0 radical (unpaired) electrons. The monoisotopic (exact) mass is 311 g/mol. The van der Waals surface area contributed by atoms with Crippen molar-refractivity contribution in [1.82, 2.24) is 4.90 Å². The molecule has 1 saturated heterocycles. The maximum atomic E-state index is 9.77. The first-order valence-corrected chi connectivity index (χ1v) is 6.70. The molecule has 2 nitrogen and oxygen atoms in total. The molecule has 0 saturated carbocycles. The number of rotatable bonds is 1. The second-order valence-corrected chi connectivity index (χ2v) is 5.64. The highest BCUT2D eigenvalue weighted by Gasteiger charge is 2.48. The summed E-state index contributed by atoms with van der Waals surface area (Å²) >= 11 is 0. The summed E-state index contributed by atoms with van der Waals surface area (Å²) in [5.41, 5.74) is 3.16. The van der Waals surface area contributed by atoms with Crippen LogP contribution in [0, 0.1) is 0 Å². The Morgan fingerprint density at radius 3 is 2.94 bits per heavy atom. The van der Waals surface area contributed by atoms with Crippen LogP contribution in [0.5, 0.6) is 5.75 Å². The van der Waals surface area contributed by atoms with Crippen molar-refractivity contribution >= 4 is 17.0 Å². The van der Waals surface area contributed by atoms with Crippen molar-refractivity contribution in [3.63, 3.8) is 0 Å². The Balaban J connectivity index is 0.00000120. The molecule has 1 aliphatic heterocycles. The number of aromatic hydroxyl groups is 1. The summed E-state index contributed by atoms with van der Waals surface area (Å²) < 4.78 is 0. The van der Waals surface area contributed by atoms with Gasteiger partial charge in [0.25, 0.3) is 0 Å². The maximum absolute atomic E-state index is 9.77. The Hall–Kier alpha value is -0.540. The van der Waals surface area contributed by atoms with E-state index in [2.05, 4.69) is 24.9 Å². The SMILES string of the molecule is Br.CC[C@@]12CCN(C)[C@@H]1CCc1ccc(O)cc12. The number of fused-ring (bicyclic) bond motifs is 3. The van der Waals surface area contributed by atoms with Gasteiger partial charge in [-0.15, -0.1) is 17.0 Å². The number of likely N-dealkylation sites (N-methyl/N-ethyl adjacent to an activating group) is 1. The van der Waals surface area contributed by atoms with Crippen LogP contribution in [0.2, 0.25) is 0 Å². The highest BCUT2D eigenvalue weighted by molar-refractivity contribution is 8.93. The topological polar surface area (TPSA) is 23.5 Å². The number of halogens is 1. The molecular formula is C15H22BrNO. The number of hydrogen-bond donors (Lipinski definition) is 1. The van der Waals surface area contributed by atoms with Crippen molar-refractivity contribution < 1.29 is 5.11 Å². The van der Waals surface area contributed by atoms with Gasteiger partial charge in [0.05, 0.1) is 0 Å². The highest BCUT2D eigenvalue weighted by Crippen LogP contribution is 2.49. The molecular weight excluding hydrogens is 290 g/mol. The Morgan fingerprint density at radius 2 is 2.22 bits per heavy atom. The molecule has 1 fully saturated rings. The van der Waals surface area contributed by atoms with Crippen molar-refractivity contribution in [2.75, 3.05) is 13.6 Å². The normalized spacial score (nSPS) is 30.4. The standard InChI is InChI=1S/C15H21NO.BrH/c1-3-15-8-9-16(2)14(15)7-5-11-4-6-12(17)10-13(11)15;/h4,6,10,14,17H,3,5,7-9H2,1-2H3;1H/t14-,15+;/m1./s1. The van der Waals surface area contributed by atoms with Gasteiger partial charge in [0, 0.05) is 11.5 Å². The molecule has 2 atom stereocenters. The lowest BCUT2D eigenvalue weighted by Gasteiger charge is -2.42. The molecule has 0 amide bonds. The van der Waals surface area contributed by atoms with E-state index in [1.54, 1.807) is 0 Å². The summed E-state index contributed by atoms with van der Waals surface area (Å²) in [6.07, 6.45) is 4.84. The molecule has 18 heavy (non-hydrogen) atoms. The van der Waals surface area contributed by atoms with Crippen molar-refractivity contribution in [2.45, 2.75) is 44.1 Å². The molecule has 1 aromatic carbocycles. The van der Waals surface area contributed by atoms with Gasteiger partial charge in [0.1, 0.15) is 5.75 Å².